The van der Waals surface area contributed by atoms with E-state index in [9.17, 15) is 14.4 Å². The minimum Gasteiger partial charge on any atom is -0.368 e. The zero-order valence-corrected chi connectivity index (χ0v) is 11.0. The molecule has 0 bridgehead atoms. The Hall–Kier alpha value is -1.59. The Morgan fingerprint density at radius 2 is 2.00 bits per heavy atom. The van der Waals surface area contributed by atoms with Crippen LogP contribution in [0.4, 0.5) is 4.79 Å². The fourth-order valence-corrected chi connectivity index (χ4v) is 2.12. The normalized spacial score (nSPS) is 23.3. The number of carbonyl (C=O) groups is 3. The first-order chi connectivity index (χ1) is 8.40. The van der Waals surface area contributed by atoms with Crippen LogP contribution in [0.25, 0.3) is 0 Å². The molecule has 1 heterocycles. The predicted octanol–water partition coefficient (Wildman–Crippen LogP) is 0.753. The van der Waals surface area contributed by atoms with E-state index < -0.39 is 17.5 Å². The van der Waals surface area contributed by atoms with Crippen molar-refractivity contribution >= 4 is 17.8 Å². The number of carbonyl (C=O) groups excluding carboxylic acids is 3. The third-order valence-corrected chi connectivity index (χ3v) is 3.19. The molecular formula is C12H21N3O3. The van der Waals surface area contributed by atoms with E-state index in [1.165, 1.54) is 0 Å². The molecule has 18 heavy (non-hydrogen) atoms. The molecule has 1 rings (SSSR count). The lowest BCUT2D eigenvalue weighted by Crippen LogP contribution is -2.44. The summed E-state index contributed by atoms with van der Waals surface area (Å²) in [4.78, 5) is 35.4. The fourth-order valence-electron chi connectivity index (χ4n) is 2.12. The quantitative estimate of drug-likeness (QED) is 0.519. The van der Waals surface area contributed by atoms with Crippen molar-refractivity contribution in [2.24, 2.45) is 5.73 Å². The minimum absolute atomic E-state index is 0.352. The molecule has 6 nitrogen and oxygen atoms in total. The van der Waals surface area contributed by atoms with Gasteiger partial charge in [0.25, 0.3) is 5.91 Å². The Labute approximate surface area is 107 Å². The minimum atomic E-state index is -0.889. The molecule has 0 aliphatic carbocycles. The molecule has 1 aliphatic rings. The summed E-state index contributed by atoms with van der Waals surface area (Å²) in [5.41, 5.74) is 4.12. The zero-order chi connectivity index (χ0) is 13.8. The van der Waals surface area contributed by atoms with Gasteiger partial charge in [-0.2, -0.15) is 0 Å². The summed E-state index contributed by atoms with van der Waals surface area (Å²) < 4.78 is 0. The predicted molar refractivity (Wildman–Crippen MR) is 66.6 cm³/mol. The summed E-state index contributed by atoms with van der Waals surface area (Å²) in [6.07, 6.45) is 4.73. The third kappa shape index (κ3) is 3.21. The summed E-state index contributed by atoms with van der Waals surface area (Å²) >= 11 is 0. The molecule has 0 unspecified atom stereocenters. The van der Waals surface area contributed by atoms with E-state index in [2.05, 4.69) is 12.2 Å². The van der Waals surface area contributed by atoms with E-state index in [4.69, 9.17) is 5.73 Å². The van der Waals surface area contributed by atoms with Crippen molar-refractivity contribution in [3.05, 3.63) is 0 Å². The lowest BCUT2D eigenvalue weighted by Gasteiger charge is -2.21. The van der Waals surface area contributed by atoms with Gasteiger partial charge in [-0.3, -0.25) is 14.5 Å². The molecule has 0 aromatic rings. The van der Waals surface area contributed by atoms with Gasteiger partial charge in [-0.05, 0) is 13.3 Å². The van der Waals surface area contributed by atoms with E-state index in [1.54, 1.807) is 6.92 Å². The lowest BCUT2D eigenvalue weighted by molar-refractivity contribution is -0.134. The van der Waals surface area contributed by atoms with Gasteiger partial charge >= 0.3 is 6.03 Å². The number of nitrogens with zero attached hydrogens (tertiary/aromatic N) is 1. The Balaban J connectivity index is 2.59. The number of urea groups is 1. The number of unbranched alkanes of at least 4 members (excludes halogenated alkanes) is 3. The molecule has 1 fully saturated rings. The van der Waals surface area contributed by atoms with Crippen LogP contribution in [0, 0.1) is 0 Å². The van der Waals surface area contributed by atoms with Crippen LogP contribution < -0.4 is 11.1 Å². The van der Waals surface area contributed by atoms with Gasteiger partial charge in [0.05, 0.1) is 0 Å². The Morgan fingerprint density at radius 1 is 1.33 bits per heavy atom. The smallest absolute Gasteiger partial charge is 0.325 e. The monoisotopic (exact) mass is 255 g/mol. The van der Waals surface area contributed by atoms with Crippen LogP contribution in [-0.4, -0.2) is 34.8 Å². The molecule has 6 heteroatoms. The average molecular weight is 255 g/mol. The van der Waals surface area contributed by atoms with Crippen LogP contribution in [0.5, 0.6) is 0 Å². The van der Waals surface area contributed by atoms with E-state index >= 15 is 0 Å². The summed E-state index contributed by atoms with van der Waals surface area (Å²) in [7, 11) is 0. The van der Waals surface area contributed by atoms with E-state index in [0.717, 1.165) is 30.6 Å². The zero-order valence-electron chi connectivity index (χ0n) is 11.0. The molecule has 3 N–H and O–H groups in total. The van der Waals surface area contributed by atoms with Gasteiger partial charge in [0, 0.05) is 0 Å². The lowest BCUT2D eigenvalue weighted by atomic mass is 9.94. The highest BCUT2D eigenvalue weighted by Crippen LogP contribution is 2.23. The van der Waals surface area contributed by atoms with Crippen molar-refractivity contribution in [1.82, 2.24) is 10.2 Å². The first kappa shape index (κ1) is 14.5. The van der Waals surface area contributed by atoms with Crippen molar-refractivity contribution in [3.63, 3.8) is 0 Å². The molecule has 102 valence electrons. The van der Waals surface area contributed by atoms with E-state index in [0.29, 0.717) is 6.42 Å². The number of rotatable bonds is 7. The Bertz CT molecular complexity index is 356. The molecule has 1 saturated heterocycles. The van der Waals surface area contributed by atoms with Crippen molar-refractivity contribution in [3.8, 4) is 0 Å². The number of amides is 4. The van der Waals surface area contributed by atoms with Crippen molar-refractivity contribution in [2.75, 3.05) is 6.54 Å². The third-order valence-electron chi connectivity index (χ3n) is 3.19. The highest BCUT2D eigenvalue weighted by Gasteiger charge is 2.47. The number of hydrogen-bond donors (Lipinski definition) is 2. The molecular weight excluding hydrogens is 234 g/mol. The highest BCUT2D eigenvalue weighted by molar-refractivity contribution is 6.08. The van der Waals surface area contributed by atoms with Gasteiger partial charge < -0.3 is 11.1 Å². The summed E-state index contributed by atoms with van der Waals surface area (Å²) in [5.74, 6) is -1.04. The maximum Gasteiger partial charge on any atom is 0.325 e. The molecule has 0 aromatic carbocycles. The SMILES string of the molecule is CCCCCC[C@]1(C)NC(=O)N(CC(N)=O)C1=O. The van der Waals surface area contributed by atoms with E-state index in [1.807, 2.05) is 0 Å². The van der Waals surface area contributed by atoms with Crippen LogP contribution in [-0.2, 0) is 9.59 Å². The Morgan fingerprint density at radius 3 is 2.56 bits per heavy atom. The molecule has 4 amide bonds. The maximum absolute atomic E-state index is 12.1. The van der Waals surface area contributed by atoms with Gasteiger partial charge in [0.15, 0.2) is 0 Å². The number of nitrogens with one attached hydrogen (secondary N) is 1. The molecule has 1 atom stereocenters. The van der Waals surface area contributed by atoms with Crippen molar-refractivity contribution in [2.45, 2.75) is 51.5 Å². The number of hydrogen-bond acceptors (Lipinski definition) is 3. The average Bonchev–Trinajstić information content (AvgIpc) is 2.49. The summed E-state index contributed by atoms with van der Waals surface area (Å²) in [6, 6.07) is -0.531. The standard InChI is InChI=1S/C12H21N3O3/c1-3-4-5-6-7-12(2)10(17)15(8-9(13)16)11(18)14-12/h3-8H2,1-2H3,(H2,13,16)(H,14,18)/t12-/m0/s1. The number of imide groups is 1. The van der Waals surface area contributed by atoms with Gasteiger partial charge in [-0.1, -0.05) is 32.6 Å². The second-order valence-electron chi connectivity index (χ2n) is 4.93. The molecule has 0 aromatic heterocycles. The first-order valence-corrected chi connectivity index (χ1v) is 6.33. The molecule has 0 radical (unpaired) electrons. The van der Waals surface area contributed by atoms with Gasteiger partial charge in [0.2, 0.25) is 5.91 Å². The van der Waals surface area contributed by atoms with Crippen LogP contribution in [0.2, 0.25) is 0 Å². The van der Waals surface area contributed by atoms with Gasteiger partial charge in [-0.25, -0.2) is 4.79 Å². The van der Waals surface area contributed by atoms with Gasteiger partial charge in [-0.15, -0.1) is 0 Å². The van der Waals surface area contributed by atoms with Crippen molar-refractivity contribution in [1.29, 1.82) is 0 Å². The molecule has 0 saturated carbocycles. The number of primary amides is 1. The topological polar surface area (TPSA) is 92.5 Å². The second kappa shape index (κ2) is 5.84. The number of nitrogens with two attached hydrogens (primary N) is 1. The van der Waals surface area contributed by atoms with Crippen molar-refractivity contribution < 1.29 is 14.4 Å². The fraction of sp³-hybridized carbons (Fsp3) is 0.750. The van der Waals surface area contributed by atoms with Gasteiger partial charge in [0.1, 0.15) is 12.1 Å². The van der Waals surface area contributed by atoms with Crippen LogP contribution >= 0.6 is 0 Å². The van der Waals surface area contributed by atoms with Crippen LogP contribution in [0.3, 0.4) is 0 Å². The highest BCUT2D eigenvalue weighted by atomic mass is 16.2. The second-order valence-corrected chi connectivity index (χ2v) is 4.93. The van der Waals surface area contributed by atoms with Crippen LogP contribution in [0.15, 0.2) is 0 Å². The summed E-state index contributed by atoms with van der Waals surface area (Å²) in [5, 5.41) is 2.64. The summed E-state index contributed by atoms with van der Waals surface area (Å²) in [6.45, 7) is 3.45. The Kier molecular flexibility index (Phi) is 4.69. The van der Waals surface area contributed by atoms with E-state index in [-0.39, 0.29) is 12.5 Å². The largest absolute Gasteiger partial charge is 0.368 e. The maximum atomic E-state index is 12.1. The van der Waals surface area contributed by atoms with Crippen LogP contribution in [0.1, 0.15) is 46.0 Å². The molecule has 0 spiro atoms. The molecule has 1 aliphatic heterocycles. The first-order valence-electron chi connectivity index (χ1n) is 6.33.